The molecule has 5 nitrogen and oxygen atoms in total. The normalized spacial score (nSPS) is 17.1. The predicted octanol–water partition coefficient (Wildman–Crippen LogP) is 0.835. The molecule has 18 heavy (non-hydrogen) atoms. The predicted molar refractivity (Wildman–Crippen MR) is 71.3 cm³/mol. The third-order valence-corrected chi connectivity index (χ3v) is 3.03. The maximum atomic E-state index is 11.3. The van der Waals surface area contributed by atoms with E-state index in [4.69, 9.17) is 0 Å². The van der Waals surface area contributed by atoms with Gasteiger partial charge in [0, 0.05) is 50.9 Å². The van der Waals surface area contributed by atoms with E-state index < -0.39 is 0 Å². The zero-order valence-corrected chi connectivity index (χ0v) is 10.8. The highest BCUT2D eigenvalue weighted by Crippen LogP contribution is 2.14. The van der Waals surface area contributed by atoms with Crippen molar-refractivity contribution in [2.75, 3.05) is 31.5 Å². The van der Waals surface area contributed by atoms with E-state index >= 15 is 0 Å². The molecule has 98 valence electrons. The van der Waals surface area contributed by atoms with Gasteiger partial charge in [0.15, 0.2) is 0 Å². The quantitative estimate of drug-likeness (QED) is 0.829. The Kier molecular flexibility index (Phi) is 4.52. The van der Waals surface area contributed by atoms with Crippen LogP contribution in [-0.4, -0.2) is 42.0 Å². The van der Waals surface area contributed by atoms with Crippen LogP contribution < -0.4 is 10.6 Å². The van der Waals surface area contributed by atoms with Crippen molar-refractivity contribution in [2.45, 2.75) is 19.9 Å². The zero-order valence-electron chi connectivity index (χ0n) is 10.8. The number of carbonyl (C=O) groups is 1. The largest absolute Gasteiger partial charge is 0.370 e. The zero-order chi connectivity index (χ0) is 12.8. The number of aromatic nitrogens is 1. The molecule has 0 aliphatic carbocycles. The Bertz CT molecular complexity index is 408. The summed E-state index contributed by atoms with van der Waals surface area (Å²) in [5.74, 6) is 1.10. The highest BCUT2D eigenvalue weighted by Gasteiger charge is 2.14. The molecule has 0 unspecified atom stereocenters. The average Bonchev–Trinajstić information content (AvgIpc) is 2.57. The van der Waals surface area contributed by atoms with Crippen LogP contribution in [0.4, 0.5) is 5.82 Å². The number of anilines is 1. The second kappa shape index (κ2) is 6.35. The van der Waals surface area contributed by atoms with E-state index in [0.29, 0.717) is 6.42 Å². The average molecular weight is 248 g/mol. The van der Waals surface area contributed by atoms with Crippen molar-refractivity contribution < 1.29 is 4.79 Å². The molecule has 5 heteroatoms. The SMILES string of the molecule is CCNc1ncccc1CN1CCNC(=O)CC1. The van der Waals surface area contributed by atoms with Crippen molar-refractivity contribution >= 4 is 11.7 Å². The second-order valence-electron chi connectivity index (χ2n) is 4.42. The fourth-order valence-electron chi connectivity index (χ4n) is 2.11. The van der Waals surface area contributed by atoms with Gasteiger partial charge in [0.1, 0.15) is 5.82 Å². The van der Waals surface area contributed by atoms with Crippen LogP contribution in [0.1, 0.15) is 18.9 Å². The minimum absolute atomic E-state index is 0.149. The Morgan fingerprint density at radius 3 is 3.22 bits per heavy atom. The first-order valence-electron chi connectivity index (χ1n) is 6.46. The molecule has 0 radical (unpaired) electrons. The minimum atomic E-state index is 0.149. The van der Waals surface area contributed by atoms with Crippen LogP contribution in [0.3, 0.4) is 0 Å². The molecule has 1 saturated heterocycles. The van der Waals surface area contributed by atoms with E-state index in [0.717, 1.165) is 38.5 Å². The van der Waals surface area contributed by atoms with Crippen molar-refractivity contribution in [1.82, 2.24) is 15.2 Å². The lowest BCUT2D eigenvalue weighted by Crippen LogP contribution is -2.28. The van der Waals surface area contributed by atoms with E-state index in [1.807, 2.05) is 6.07 Å². The molecule has 1 aliphatic rings. The molecule has 2 rings (SSSR count). The van der Waals surface area contributed by atoms with Crippen LogP contribution in [0.25, 0.3) is 0 Å². The third-order valence-electron chi connectivity index (χ3n) is 3.03. The molecule has 1 fully saturated rings. The lowest BCUT2D eigenvalue weighted by atomic mass is 10.2. The van der Waals surface area contributed by atoms with E-state index in [9.17, 15) is 4.79 Å². The van der Waals surface area contributed by atoms with Crippen molar-refractivity contribution in [3.63, 3.8) is 0 Å². The number of nitrogens with zero attached hydrogens (tertiary/aromatic N) is 2. The fraction of sp³-hybridized carbons (Fsp3) is 0.538. The molecule has 2 N–H and O–H groups in total. The summed E-state index contributed by atoms with van der Waals surface area (Å²) < 4.78 is 0. The van der Waals surface area contributed by atoms with Crippen molar-refractivity contribution in [1.29, 1.82) is 0 Å². The van der Waals surface area contributed by atoms with Crippen LogP contribution in [0.15, 0.2) is 18.3 Å². The summed E-state index contributed by atoms with van der Waals surface area (Å²) in [5.41, 5.74) is 1.19. The van der Waals surface area contributed by atoms with E-state index in [1.54, 1.807) is 6.20 Å². The van der Waals surface area contributed by atoms with Gasteiger partial charge in [0.2, 0.25) is 5.91 Å². The monoisotopic (exact) mass is 248 g/mol. The highest BCUT2D eigenvalue weighted by atomic mass is 16.1. The number of rotatable bonds is 4. The topological polar surface area (TPSA) is 57.3 Å². The van der Waals surface area contributed by atoms with Gasteiger partial charge in [-0.2, -0.15) is 0 Å². The molecule has 0 bridgehead atoms. The number of hydrogen-bond acceptors (Lipinski definition) is 4. The van der Waals surface area contributed by atoms with Crippen LogP contribution in [-0.2, 0) is 11.3 Å². The first kappa shape index (κ1) is 12.8. The maximum Gasteiger partial charge on any atom is 0.221 e. The third kappa shape index (κ3) is 3.43. The summed E-state index contributed by atoms with van der Waals surface area (Å²) in [4.78, 5) is 17.9. The Hall–Kier alpha value is -1.62. The number of hydrogen-bond donors (Lipinski definition) is 2. The van der Waals surface area contributed by atoms with Gasteiger partial charge < -0.3 is 10.6 Å². The van der Waals surface area contributed by atoms with Crippen LogP contribution in [0, 0.1) is 0 Å². The van der Waals surface area contributed by atoms with Crippen molar-refractivity contribution in [3.8, 4) is 0 Å². The van der Waals surface area contributed by atoms with Crippen LogP contribution in [0.2, 0.25) is 0 Å². The summed E-state index contributed by atoms with van der Waals surface area (Å²) in [5, 5.41) is 6.16. The first-order chi connectivity index (χ1) is 8.79. The van der Waals surface area contributed by atoms with E-state index in [1.165, 1.54) is 5.56 Å². The number of nitrogens with one attached hydrogen (secondary N) is 2. The molecule has 0 spiro atoms. The summed E-state index contributed by atoms with van der Waals surface area (Å²) in [6.45, 7) is 6.20. The minimum Gasteiger partial charge on any atom is -0.370 e. The number of amides is 1. The first-order valence-corrected chi connectivity index (χ1v) is 6.46. The van der Waals surface area contributed by atoms with E-state index in [-0.39, 0.29) is 5.91 Å². The molecule has 1 aromatic rings. The van der Waals surface area contributed by atoms with E-state index in [2.05, 4.69) is 33.5 Å². The summed E-state index contributed by atoms with van der Waals surface area (Å²) >= 11 is 0. The van der Waals surface area contributed by atoms with Gasteiger partial charge in [0.25, 0.3) is 0 Å². The van der Waals surface area contributed by atoms with Crippen molar-refractivity contribution in [2.24, 2.45) is 0 Å². The van der Waals surface area contributed by atoms with Crippen molar-refractivity contribution in [3.05, 3.63) is 23.9 Å². The Morgan fingerprint density at radius 1 is 1.50 bits per heavy atom. The van der Waals surface area contributed by atoms with Gasteiger partial charge in [-0.3, -0.25) is 9.69 Å². The Morgan fingerprint density at radius 2 is 2.39 bits per heavy atom. The molecule has 1 aliphatic heterocycles. The lowest BCUT2D eigenvalue weighted by molar-refractivity contribution is -0.120. The Balaban J connectivity index is 2.01. The van der Waals surface area contributed by atoms with Gasteiger partial charge >= 0.3 is 0 Å². The molecular formula is C13H20N4O. The lowest BCUT2D eigenvalue weighted by Gasteiger charge is -2.20. The highest BCUT2D eigenvalue weighted by molar-refractivity contribution is 5.76. The second-order valence-corrected chi connectivity index (χ2v) is 4.42. The fourth-order valence-corrected chi connectivity index (χ4v) is 2.11. The van der Waals surface area contributed by atoms with Crippen LogP contribution >= 0.6 is 0 Å². The molecule has 0 aromatic carbocycles. The number of carbonyl (C=O) groups excluding carboxylic acids is 1. The standard InChI is InChI=1S/C13H20N4O/c1-2-14-13-11(4-3-6-16-13)10-17-8-5-12(18)15-7-9-17/h3-4,6H,2,5,7-10H2,1H3,(H,14,16)(H,15,18). The Labute approximate surface area is 108 Å². The molecule has 1 aromatic heterocycles. The van der Waals surface area contributed by atoms with Crippen LogP contribution in [0.5, 0.6) is 0 Å². The maximum absolute atomic E-state index is 11.3. The molecular weight excluding hydrogens is 228 g/mol. The summed E-state index contributed by atoms with van der Waals surface area (Å²) in [7, 11) is 0. The van der Waals surface area contributed by atoms with Gasteiger partial charge in [-0.05, 0) is 13.0 Å². The smallest absolute Gasteiger partial charge is 0.221 e. The number of pyridine rings is 1. The molecule has 2 heterocycles. The van der Waals surface area contributed by atoms with Gasteiger partial charge in [-0.15, -0.1) is 0 Å². The molecule has 0 saturated carbocycles. The molecule has 1 amide bonds. The van der Waals surface area contributed by atoms with Gasteiger partial charge in [0.05, 0.1) is 0 Å². The summed E-state index contributed by atoms with van der Waals surface area (Å²) in [6, 6.07) is 4.04. The molecule has 0 atom stereocenters. The van der Waals surface area contributed by atoms with Gasteiger partial charge in [-0.25, -0.2) is 4.98 Å². The summed E-state index contributed by atoms with van der Waals surface area (Å²) in [6.07, 6.45) is 2.38. The van der Waals surface area contributed by atoms with Gasteiger partial charge in [-0.1, -0.05) is 6.07 Å².